The number of hydrogen-bond acceptors (Lipinski definition) is 4. The normalized spacial score (nSPS) is 11.1. The minimum absolute atomic E-state index is 0.346. The van der Waals surface area contributed by atoms with Gasteiger partial charge in [0.05, 0.1) is 26.1 Å². The Morgan fingerprint density at radius 3 is 2.34 bits per heavy atom. The molecule has 0 atom stereocenters. The lowest BCUT2D eigenvalue weighted by Gasteiger charge is -2.13. The van der Waals surface area contributed by atoms with E-state index in [9.17, 15) is 4.79 Å². The third-order valence-electron chi connectivity index (χ3n) is 5.46. The van der Waals surface area contributed by atoms with E-state index in [0.29, 0.717) is 17.1 Å². The number of aryl methyl sites for hydroxylation is 1. The lowest BCUT2D eigenvalue weighted by Crippen LogP contribution is -2.17. The van der Waals surface area contributed by atoms with Gasteiger partial charge in [0.25, 0.3) is 5.91 Å². The zero-order valence-electron chi connectivity index (χ0n) is 18.5. The Morgan fingerprint density at radius 2 is 1.62 bits per heavy atom. The lowest BCUT2D eigenvalue weighted by atomic mass is 10.1. The first-order valence-electron chi connectivity index (χ1n) is 10.3. The molecule has 6 heteroatoms. The molecule has 4 aromatic rings. The van der Waals surface area contributed by atoms with Crippen LogP contribution in [0.15, 0.2) is 71.8 Å². The van der Waals surface area contributed by atoms with Gasteiger partial charge in [-0.15, -0.1) is 0 Å². The van der Waals surface area contributed by atoms with Gasteiger partial charge in [-0.3, -0.25) is 4.79 Å². The van der Waals surface area contributed by atoms with Crippen LogP contribution in [0.5, 0.6) is 11.5 Å². The second-order valence-corrected chi connectivity index (χ2v) is 7.46. The van der Waals surface area contributed by atoms with Crippen LogP contribution in [0.1, 0.15) is 27.3 Å². The van der Waals surface area contributed by atoms with Gasteiger partial charge in [-0.05, 0) is 43.5 Å². The van der Waals surface area contributed by atoms with Gasteiger partial charge in [-0.1, -0.05) is 36.4 Å². The van der Waals surface area contributed by atoms with Gasteiger partial charge in [0.15, 0.2) is 0 Å². The molecule has 1 heterocycles. The summed E-state index contributed by atoms with van der Waals surface area (Å²) in [6, 6.07) is 21.7. The summed E-state index contributed by atoms with van der Waals surface area (Å²) in [6.45, 7) is 4.11. The molecule has 0 fully saturated rings. The average molecular weight is 428 g/mol. The molecule has 0 saturated carbocycles. The van der Waals surface area contributed by atoms with Gasteiger partial charge in [-0.2, -0.15) is 5.10 Å². The summed E-state index contributed by atoms with van der Waals surface area (Å²) < 4.78 is 12.7. The summed E-state index contributed by atoms with van der Waals surface area (Å²) in [5.74, 6) is 0.732. The molecule has 0 bridgehead atoms. The second-order valence-electron chi connectivity index (χ2n) is 7.46. The first-order chi connectivity index (χ1) is 15.5. The van der Waals surface area contributed by atoms with Crippen LogP contribution in [0.25, 0.3) is 16.5 Å². The topological polar surface area (TPSA) is 64.8 Å². The van der Waals surface area contributed by atoms with E-state index in [-0.39, 0.29) is 5.91 Å². The van der Waals surface area contributed by atoms with Crippen molar-refractivity contribution < 1.29 is 14.3 Å². The molecule has 1 N–H and O–H groups in total. The zero-order valence-corrected chi connectivity index (χ0v) is 18.5. The molecule has 32 heavy (non-hydrogen) atoms. The smallest absolute Gasteiger partial charge is 0.271 e. The number of benzene rings is 3. The van der Waals surface area contributed by atoms with Crippen molar-refractivity contribution in [2.75, 3.05) is 14.2 Å². The summed E-state index contributed by atoms with van der Waals surface area (Å²) in [4.78, 5) is 12.6. The summed E-state index contributed by atoms with van der Waals surface area (Å²) >= 11 is 0. The summed E-state index contributed by atoms with van der Waals surface area (Å²) in [5.41, 5.74) is 7.16. The molecule has 0 spiro atoms. The Bertz CT molecular complexity index is 1290. The molecule has 0 unspecified atom stereocenters. The van der Waals surface area contributed by atoms with Crippen LogP contribution >= 0.6 is 0 Å². The van der Waals surface area contributed by atoms with Crippen molar-refractivity contribution in [2.24, 2.45) is 5.10 Å². The van der Waals surface area contributed by atoms with Gasteiger partial charge in [-0.25, -0.2) is 5.43 Å². The number of rotatable bonds is 6. The predicted molar refractivity (Wildman–Crippen MR) is 127 cm³/mol. The molecule has 1 aromatic heterocycles. The molecule has 0 aliphatic carbocycles. The maximum Gasteiger partial charge on any atom is 0.271 e. The fourth-order valence-electron chi connectivity index (χ4n) is 3.86. The van der Waals surface area contributed by atoms with Crippen LogP contribution in [0.4, 0.5) is 0 Å². The van der Waals surface area contributed by atoms with Gasteiger partial charge < -0.3 is 14.0 Å². The van der Waals surface area contributed by atoms with Crippen LogP contribution in [0.3, 0.4) is 0 Å². The number of nitrogens with one attached hydrogen (secondary N) is 1. The standard InChI is InChI=1S/C26H25N3O3/c1-17-12-21(16-27-28-26(30)20-13-22(31-3)15-23(14-20)32-4)18(2)29(17)25-11-7-9-19-8-5-6-10-24(19)25/h5-16H,1-4H3,(H,28,30)/b27-16-. The summed E-state index contributed by atoms with van der Waals surface area (Å²) in [5, 5.41) is 6.55. The zero-order chi connectivity index (χ0) is 22.7. The fraction of sp³-hybridized carbons (Fsp3) is 0.154. The Balaban J connectivity index is 1.59. The third-order valence-corrected chi connectivity index (χ3v) is 5.46. The molecule has 1 amide bonds. The Labute approximate surface area is 187 Å². The molecule has 0 saturated heterocycles. The average Bonchev–Trinajstić information content (AvgIpc) is 3.10. The number of aromatic nitrogens is 1. The number of ether oxygens (including phenoxy) is 2. The van der Waals surface area contributed by atoms with Crippen molar-refractivity contribution in [3.05, 3.63) is 89.2 Å². The molecule has 6 nitrogen and oxygen atoms in total. The van der Waals surface area contributed by atoms with Crippen molar-refractivity contribution in [1.82, 2.24) is 9.99 Å². The van der Waals surface area contributed by atoms with Crippen molar-refractivity contribution in [1.29, 1.82) is 0 Å². The Morgan fingerprint density at radius 1 is 0.938 bits per heavy atom. The number of carbonyl (C=O) groups excluding carboxylic acids is 1. The minimum atomic E-state index is -0.346. The van der Waals surface area contributed by atoms with Gasteiger partial charge in [0.1, 0.15) is 11.5 Å². The van der Waals surface area contributed by atoms with E-state index < -0.39 is 0 Å². The highest BCUT2D eigenvalue weighted by molar-refractivity contribution is 5.96. The van der Waals surface area contributed by atoms with Crippen LogP contribution < -0.4 is 14.9 Å². The largest absolute Gasteiger partial charge is 0.497 e. The molecule has 162 valence electrons. The number of fused-ring (bicyclic) bond motifs is 1. The second kappa shape index (κ2) is 8.98. The summed E-state index contributed by atoms with van der Waals surface area (Å²) in [6.07, 6.45) is 1.67. The van der Waals surface area contributed by atoms with E-state index in [1.165, 1.54) is 10.8 Å². The van der Waals surface area contributed by atoms with Gasteiger partial charge >= 0.3 is 0 Å². The van der Waals surface area contributed by atoms with Crippen LogP contribution in [0.2, 0.25) is 0 Å². The SMILES string of the molecule is COc1cc(OC)cc(C(=O)N/N=C\c2cc(C)n(-c3cccc4ccccc34)c2C)c1. The van der Waals surface area contributed by atoms with Gasteiger partial charge in [0.2, 0.25) is 0 Å². The molecule has 0 aliphatic rings. The monoisotopic (exact) mass is 427 g/mol. The van der Waals surface area contributed by atoms with Crippen molar-refractivity contribution >= 4 is 22.9 Å². The van der Waals surface area contributed by atoms with E-state index in [1.807, 2.05) is 19.1 Å². The highest BCUT2D eigenvalue weighted by Gasteiger charge is 2.13. The highest BCUT2D eigenvalue weighted by atomic mass is 16.5. The van der Waals surface area contributed by atoms with Crippen molar-refractivity contribution in [3.63, 3.8) is 0 Å². The third kappa shape index (κ3) is 4.07. The first-order valence-corrected chi connectivity index (χ1v) is 10.3. The number of amides is 1. The Hall–Kier alpha value is -4.06. The van der Waals surface area contributed by atoms with E-state index in [0.717, 1.165) is 22.6 Å². The predicted octanol–water partition coefficient (Wildman–Crippen LogP) is 5.03. The molecule has 3 aromatic carbocycles. The highest BCUT2D eigenvalue weighted by Crippen LogP contribution is 2.27. The molecule has 0 aliphatic heterocycles. The van der Waals surface area contributed by atoms with Crippen molar-refractivity contribution in [2.45, 2.75) is 13.8 Å². The van der Waals surface area contributed by atoms with E-state index >= 15 is 0 Å². The number of hydrogen-bond donors (Lipinski definition) is 1. The van der Waals surface area contributed by atoms with E-state index in [2.05, 4.69) is 58.4 Å². The number of hydrazone groups is 1. The number of carbonyl (C=O) groups is 1. The quantitative estimate of drug-likeness (QED) is 0.347. The van der Waals surface area contributed by atoms with Crippen molar-refractivity contribution in [3.8, 4) is 17.2 Å². The maximum absolute atomic E-state index is 12.6. The molecule has 4 rings (SSSR count). The molecular weight excluding hydrogens is 402 g/mol. The van der Waals surface area contributed by atoms with E-state index in [4.69, 9.17) is 9.47 Å². The lowest BCUT2D eigenvalue weighted by molar-refractivity contribution is 0.0954. The number of methoxy groups -OCH3 is 2. The molecular formula is C26H25N3O3. The van der Waals surface area contributed by atoms with Gasteiger partial charge in [0, 0.05) is 34.0 Å². The number of nitrogens with zero attached hydrogens (tertiary/aromatic N) is 2. The van der Waals surface area contributed by atoms with Crippen LogP contribution in [-0.4, -0.2) is 30.9 Å². The first kappa shape index (κ1) is 21.2. The summed E-state index contributed by atoms with van der Waals surface area (Å²) in [7, 11) is 3.08. The van der Waals surface area contributed by atoms with Crippen LogP contribution in [-0.2, 0) is 0 Å². The van der Waals surface area contributed by atoms with Crippen LogP contribution in [0, 0.1) is 13.8 Å². The van der Waals surface area contributed by atoms with E-state index in [1.54, 1.807) is 38.6 Å². The minimum Gasteiger partial charge on any atom is -0.497 e. The maximum atomic E-state index is 12.6. The Kier molecular flexibility index (Phi) is 5.94. The fourth-order valence-corrected chi connectivity index (χ4v) is 3.86. The molecule has 0 radical (unpaired) electrons.